The third kappa shape index (κ3) is 2.03. The minimum atomic E-state index is -3.17. The van der Waals surface area contributed by atoms with Crippen molar-refractivity contribution in [1.82, 2.24) is 13.9 Å². The Kier molecular flexibility index (Phi) is 3.07. The highest BCUT2D eigenvalue weighted by Gasteiger charge is 2.59. The molecule has 3 atom stereocenters. The van der Waals surface area contributed by atoms with Crippen LogP contribution in [0.1, 0.15) is 24.4 Å². The van der Waals surface area contributed by atoms with Crippen LogP contribution in [0.15, 0.2) is 36.8 Å². The van der Waals surface area contributed by atoms with Crippen LogP contribution in [0.5, 0.6) is 0 Å². The number of rotatable bonds is 2. The molecule has 1 aromatic carbocycles. The maximum absolute atomic E-state index is 11.7. The SMILES string of the molecule is CS(=O)(=O)N1CC2(CC[C@H]([C@@H]3c4ccccc4-c4cncn43)[C@H]2O)C1. The molecule has 3 aliphatic rings. The van der Waals surface area contributed by atoms with Crippen molar-refractivity contribution in [3.63, 3.8) is 0 Å². The van der Waals surface area contributed by atoms with E-state index in [-0.39, 0.29) is 17.4 Å². The molecule has 5 rings (SSSR count). The van der Waals surface area contributed by atoms with Gasteiger partial charge in [-0.1, -0.05) is 24.3 Å². The van der Waals surface area contributed by atoms with Crippen molar-refractivity contribution < 1.29 is 13.5 Å². The summed E-state index contributed by atoms with van der Waals surface area (Å²) in [4.78, 5) is 4.30. The van der Waals surface area contributed by atoms with Gasteiger partial charge < -0.3 is 9.67 Å². The Morgan fingerprint density at radius 2 is 2.04 bits per heavy atom. The largest absolute Gasteiger partial charge is 0.392 e. The summed E-state index contributed by atoms with van der Waals surface area (Å²) < 4.78 is 27.1. The lowest BCUT2D eigenvalue weighted by molar-refractivity contribution is -0.0547. The number of imidazole rings is 1. The lowest BCUT2D eigenvalue weighted by Gasteiger charge is -2.49. The normalized spacial score (nSPS) is 30.2. The molecule has 0 bridgehead atoms. The highest BCUT2D eigenvalue weighted by atomic mass is 32.2. The number of sulfonamides is 1. The van der Waals surface area contributed by atoms with Crippen LogP contribution in [0.4, 0.5) is 0 Å². The maximum atomic E-state index is 11.7. The van der Waals surface area contributed by atoms with Crippen LogP contribution in [-0.2, 0) is 10.0 Å². The number of aliphatic hydroxyl groups excluding tert-OH is 1. The van der Waals surface area contributed by atoms with E-state index in [1.54, 1.807) is 0 Å². The van der Waals surface area contributed by atoms with E-state index in [4.69, 9.17) is 0 Å². The molecule has 1 spiro atoms. The third-order valence-electron chi connectivity index (χ3n) is 6.39. The highest BCUT2D eigenvalue weighted by Crippen LogP contribution is 2.55. The quantitative estimate of drug-likeness (QED) is 0.881. The lowest BCUT2D eigenvalue weighted by atomic mass is 9.75. The second kappa shape index (κ2) is 4.93. The van der Waals surface area contributed by atoms with Gasteiger partial charge in [-0.05, 0) is 18.4 Å². The van der Waals surface area contributed by atoms with Crippen LogP contribution >= 0.6 is 0 Å². The Hall–Kier alpha value is -1.70. The van der Waals surface area contributed by atoms with Gasteiger partial charge in [-0.3, -0.25) is 0 Å². The molecular formula is C18H21N3O3S. The molecule has 132 valence electrons. The van der Waals surface area contributed by atoms with E-state index in [0.29, 0.717) is 13.1 Å². The molecule has 7 heteroatoms. The Balaban J connectivity index is 1.48. The Morgan fingerprint density at radius 3 is 2.80 bits per heavy atom. The van der Waals surface area contributed by atoms with Crippen LogP contribution in [0.25, 0.3) is 11.3 Å². The first kappa shape index (κ1) is 15.5. The van der Waals surface area contributed by atoms with Crippen LogP contribution < -0.4 is 0 Å². The first-order chi connectivity index (χ1) is 11.9. The fourth-order valence-electron chi connectivity index (χ4n) is 5.09. The predicted molar refractivity (Wildman–Crippen MR) is 93.4 cm³/mol. The van der Waals surface area contributed by atoms with Gasteiger partial charge in [0.2, 0.25) is 10.0 Å². The minimum Gasteiger partial charge on any atom is -0.392 e. The predicted octanol–water partition coefficient (Wildman–Crippen LogP) is 1.49. The zero-order valence-electron chi connectivity index (χ0n) is 14.0. The highest BCUT2D eigenvalue weighted by molar-refractivity contribution is 7.88. The molecule has 3 heterocycles. The van der Waals surface area contributed by atoms with Crippen molar-refractivity contribution in [2.24, 2.45) is 11.3 Å². The van der Waals surface area contributed by atoms with E-state index in [2.05, 4.69) is 21.7 Å². The zero-order valence-corrected chi connectivity index (χ0v) is 14.9. The molecular weight excluding hydrogens is 338 g/mol. The van der Waals surface area contributed by atoms with Crippen molar-refractivity contribution >= 4 is 10.0 Å². The van der Waals surface area contributed by atoms with E-state index < -0.39 is 16.1 Å². The van der Waals surface area contributed by atoms with Gasteiger partial charge in [-0.25, -0.2) is 17.7 Å². The molecule has 0 radical (unpaired) electrons. The van der Waals surface area contributed by atoms with E-state index in [1.807, 2.05) is 24.7 Å². The summed E-state index contributed by atoms with van der Waals surface area (Å²) >= 11 is 0. The van der Waals surface area contributed by atoms with Gasteiger partial charge >= 0.3 is 0 Å². The van der Waals surface area contributed by atoms with Gasteiger partial charge in [-0.2, -0.15) is 0 Å². The van der Waals surface area contributed by atoms with E-state index in [9.17, 15) is 13.5 Å². The second-order valence-electron chi connectivity index (χ2n) is 7.76. The average Bonchev–Trinajstić information content (AvgIpc) is 3.18. The molecule has 1 saturated carbocycles. The number of hydrogen-bond donors (Lipinski definition) is 1. The third-order valence-corrected chi connectivity index (χ3v) is 7.58. The summed E-state index contributed by atoms with van der Waals surface area (Å²) in [5.41, 5.74) is 3.23. The number of nitrogens with zero attached hydrogens (tertiary/aromatic N) is 3. The molecule has 0 unspecified atom stereocenters. The first-order valence-corrected chi connectivity index (χ1v) is 10.5. The Labute approximate surface area is 147 Å². The van der Waals surface area contributed by atoms with Crippen LogP contribution in [0, 0.1) is 11.3 Å². The number of hydrogen-bond acceptors (Lipinski definition) is 4. The topological polar surface area (TPSA) is 75.4 Å². The molecule has 2 fully saturated rings. The Bertz CT molecular complexity index is 946. The van der Waals surface area contributed by atoms with Gasteiger partial charge in [0.05, 0.1) is 36.6 Å². The summed E-state index contributed by atoms with van der Waals surface area (Å²) in [5.74, 6) is 0.0818. The summed E-state index contributed by atoms with van der Waals surface area (Å²) in [6.07, 6.45) is 6.23. The van der Waals surface area contributed by atoms with Gasteiger partial charge in [0.15, 0.2) is 0 Å². The van der Waals surface area contributed by atoms with Crippen molar-refractivity contribution in [2.75, 3.05) is 19.3 Å². The lowest BCUT2D eigenvalue weighted by Crippen LogP contribution is -2.62. The van der Waals surface area contributed by atoms with Crippen LogP contribution in [0.3, 0.4) is 0 Å². The number of fused-ring (bicyclic) bond motifs is 3. The summed E-state index contributed by atoms with van der Waals surface area (Å²) in [6.45, 7) is 0.878. The smallest absolute Gasteiger partial charge is 0.211 e. The molecule has 1 N–H and O–H groups in total. The summed E-state index contributed by atoms with van der Waals surface area (Å²) in [6, 6.07) is 8.39. The molecule has 6 nitrogen and oxygen atoms in total. The van der Waals surface area contributed by atoms with Crippen LogP contribution in [-0.4, -0.2) is 52.8 Å². The summed E-state index contributed by atoms with van der Waals surface area (Å²) in [5, 5.41) is 11.1. The average molecular weight is 359 g/mol. The van der Waals surface area contributed by atoms with Crippen LogP contribution in [0.2, 0.25) is 0 Å². The van der Waals surface area contributed by atoms with Crippen molar-refractivity contribution in [3.8, 4) is 11.3 Å². The van der Waals surface area contributed by atoms with E-state index in [0.717, 1.165) is 18.5 Å². The van der Waals surface area contributed by atoms with Crippen molar-refractivity contribution in [1.29, 1.82) is 0 Å². The zero-order chi connectivity index (χ0) is 17.4. The molecule has 2 aliphatic heterocycles. The standard InChI is InChI=1S/C18H21N3O3S/c1-25(23,24)20-9-18(10-20)7-6-14(17(18)22)16-13-5-3-2-4-12(13)15-8-19-11-21(15)16/h2-5,8,11,14,16-17,22H,6-7,9-10H2,1H3/t14-,16+,17-/m1/s1. The van der Waals surface area contributed by atoms with E-state index in [1.165, 1.54) is 21.7 Å². The Morgan fingerprint density at radius 1 is 1.28 bits per heavy atom. The number of aliphatic hydroxyl groups is 1. The number of aromatic nitrogens is 2. The fraction of sp³-hybridized carbons (Fsp3) is 0.500. The molecule has 1 aromatic heterocycles. The maximum Gasteiger partial charge on any atom is 0.211 e. The molecule has 1 aliphatic carbocycles. The van der Waals surface area contributed by atoms with Gasteiger partial charge in [0.1, 0.15) is 0 Å². The van der Waals surface area contributed by atoms with Gasteiger partial charge in [-0.15, -0.1) is 0 Å². The van der Waals surface area contributed by atoms with Gasteiger partial charge in [0, 0.05) is 30.0 Å². The molecule has 25 heavy (non-hydrogen) atoms. The van der Waals surface area contributed by atoms with E-state index >= 15 is 0 Å². The summed E-state index contributed by atoms with van der Waals surface area (Å²) in [7, 11) is -3.17. The molecule has 2 aromatic rings. The second-order valence-corrected chi connectivity index (χ2v) is 9.74. The molecule has 1 saturated heterocycles. The van der Waals surface area contributed by atoms with Crippen molar-refractivity contribution in [3.05, 3.63) is 42.4 Å². The number of benzene rings is 1. The van der Waals surface area contributed by atoms with Crippen molar-refractivity contribution in [2.45, 2.75) is 25.0 Å². The first-order valence-electron chi connectivity index (χ1n) is 8.65. The minimum absolute atomic E-state index is 0.0790. The molecule has 0 amide bonds. The monoisotopic (exact) mass is 359 g/mol. The van der Waals surface area contributed by atoms with Gasteiger partial charge in [0.25, 0.3) is 0 Å². The fourth-order valence-corrected chi connectivity index (χ4v) is 6.07.